The number of ether oxygens (including phenoxy) is 2. The normalized spacial score (nSPS) is 17.3. The zero-order valence-electron chi connectivity index (χ0n) is 13.3. The summed E-state index contributed by atoms with van der Waals surface area (Å²) in [6.07, 6.45) is 1.89. The number of esters is 1. The Morgan fingerprint density at radius 3 is 2.32 bits per heavy atom. The van der Waals surface area contributed by atoms with Crippen molar-refractivity contribution in [2.24, 2.45) is 5.92 Å². The van der Waals surface area contributed by atoms with Gasteiger partial charge in [-0.15, -0.1) is 0 Å². The molecule has 22 heavy (non-hydrogen) atoms. The molecular formula is C18H20O4. The van der Waals surface area contributed by atoms with Crippen LogP contribution in [0.5, 0.6) is 5.75 Å². The fraction of sp³-hybridized carbons (Fsp3) is 0.333. The van der Waals surface area contributed by atoms with Gasteiger partial charge in [0.05, 0.1) is 25.2 Å². The third-order valence-electron chi connectivity index (χ3n) is 3.72. The molecular weight excluding hydrogens is 280 g/mol. The van der Waals surface area contributed by atoms with Crippen LogP contribution >= 0.6 is 0 Å². The van der Waals surface area contributed by atoms with E-state index >= 15 is 0 Å². The Morgan fingerprint density at radius 2 is 1.82 bits per heavy atom. The molecule has 1 aliphatic rings. The lowest BCUT2D eigenvalue weighted by Gasteiger charge is -2.16. The fourth-order valence-corrected chi connectivity index (χ4v) is 2.72. The number of Topliss-reactive ketones (excluding diaryl/α,β-unsaturated/α-hetero) is 1. The van der Waals surface area contributed by atoms with Gasteiger partial charge in [0.2, 0.25) is 0 Å². The minimum Gasteiger partial charge on any atom is -0.497 e. The third kappa shape index (κ3) is 2.96. The minimum atomic E-state index is -0.563. The number of benzene rings is 1. The fourth-order valence-electron chi connectivity index (χ4n) is 2.72. The molecule has 1 aromatic rings. The van der Waals surface area contributed by atoms with Crippen LogP contribution in [0.25, 0.3) is 5.57 Å². The molecule has 0 aliphatic heterocycles. The third-order valence-corrected chi connectivity index (χ3v) is 3.72. The van der Waals surface area contributed by atoms with Crippen LogP contribution in [0.3, 0.4) is 0 Å². The highest BCUT2D eigenvalue weighted by Crippen LogP contribution is 2.39. The van der Waals surface area contributed by atoms with E-state index in [1.165, 1.54) is 6.92 Å². The van der Waals surface area contributed by atoms with Crippen LogP contribution in [0.15, 0.2) is 41.5 Å². The van der Waals surface area contributed by atoms with Gasteiger partial charge in [-0.1, -0.05) is 18.2 Å². The SMILES string of the molecule is CCOC(=O)C1=C(C)C=C(c2ccc(OC)cc2)C1C(C)=O. The summed E-state index contributed by atoms with van der Waals surface area (Å²) < 4.78 is 10.2. The van der Waals surface area contributed by atoms with Crippen LogP contribution < -0.4 is 4.74 Å². The zero-order valence-corrected chi connectivity index (χ0v) is 13.3. The first-order valence-corrected chi connectivity index (χ1v) is 7.24. The number of hydrogen-bond donors (Lipinski definition) is 0. The van der Waals surface area contributed by atoms with Crippen molar-refractivity contribution < 1.29 is 19.1 Å². The second-order valence-corrected chi connectivity index (χ2v) is 5.19. The summed E-state index contributed by atoms with van der Waals surface area (Å²) >= 11 is 0. The molecule has 0 aromatic heterocycles. The second-order valence-electron chi connectivity index (χ2n) is 5.19. The van der Waals surface area contributed by atoms with E-state index in [1.807, 2.05) is 37.3 Å². The minimum absolute atomic E-state index is 0.0676. The molecule has 0 amide bonds. The first-order valence-electron chi connectivity index (χ1n) is 7.24. The van der Waals surface area contributed by atoms with Gasteiger partial charge < -0.3 is 9.47 Å². The molecule has 0 bridgehead atoms. The van der Waals surface area contributed by atoms with Crippen LogP contribution in [-0.2, 0) is 14.3 Å². The van der Waals surface area contributed by atoms with Crippen LogP contribution in [0, 0.1) is 5.92 Å². The molecule has 0 radical (unpaired) electrons. The monoisotopic (exact) mass is 300 g/mol. The van der Waals surface area contributed by atoms with Gasteiger partial charge >= 0.3 is 5.97 Å². The molecule has 1 aliphatic carbocycles. The predicted molar refractivity (Wildman–Crippen MR) is 84.5 cm³/mol. The van der Waals surface area contributed by atoms with Gasteiger partial charge in [0.1, 0.15) is 11.5 Å². The van der Waals surface area contributed by atoms with Crippen LogP contribution in [0.4, 0.5) is 0 Å². The molecule has 0 N–H and O–H groups in total. The number of hydrogen-bond acceptors (Lipinski definition) is 4. The largest absolute Gasteiger partial charge is 0.497 e. The number of carbonyl (C=O) groups excluding carboxylic acids is 2. The number of rotatable bonds is 5. The van der Waals surface area contributed by atoms with Gasteiger partial charge in [-0.05, 0) is 49.6 Å². The molecule has 1 atom stereocenters. The summed E-state index contributed by atoms with van der Waals surface area (Å²) in [5, 5.41) is 0. The average molecular weight is 300 g/mol. The summed E-state index contributed by atoms with van der Waals surface area (Å²) in [7, 11) is 1.60. The Balaban J connectivity index is 2.39. The molecule has 0 saturated heterocycles. The molecule has 0 fully saturated rings. The standard InChI is InChI=1S/C18H20O4/c1-5-22-18(20)16-11(2)10-15(17(16)12(3)19)13-6-8-14(21-4)9-7-13/h6-10,17H,5H2,1-4H3. The van der Waals surface area contributed by atoms with E-state index in [2.05, 4.69) is 0 Å². The van der Waals surface area contributed by atoms with Crippen molar-refractivity contribution in [3.63, 3.8) is 0 Å². The van der Waals surface area contributed by atoms with E-state index < -0.39 is 11.9 Å². The van der Waals surface area contributed by atoms with Crippen molar-refractivity contribution in [3.8, 4) is 5.75 Å². The highest BCUT2D eigenvalue weighted by Gasteiger charge is 2.35. The summed E-state index contributed by atoms with van der Waals surface area (Å²) in [4.78, 5) is 24.3. The highest BCUT2D eigenvalue weighted by molar-refractivity contribution is 6.08. The van der Waals surface area contributed by atoms with Gasteiger partial charge in [0.15, 0.2) is 0 Å². The summed E-state index contributed by atoms with van der Waals surface area (Å²) in [5.74, 6) is -0.300. The van der Waals surface area contributed by atoms with E-state index in [9.17, 15) is 9.59 Å². The number of allylic oxidation sites excluding steroid dienone is 3. The summed E-state index contributed by atoms with van der Waals surface area (Å²) in [6.45, 7) is 5.38. The van der Waals surface area contributed by atoms with Crippen molar-refractivity contribution in [3.05, 3.63) is 47.1 Å². The molecule has 0 saturated carbocycles. The van der Waals surface area contributed by atoms with Crippen LogP contribution in [0.2, 0.25) is 0 Å². The van der Waals surface area contributed by atoms with E-state index in [-0.39, 0.29) is 12.4 Å². The number of ketones is 1. The number of carbonyl (C=O) groups is 2. The van der Waals surface area contributed by atoms with E-state index in [0.29, 0.717) is 5.57 Å². The van der Waals surface area contributed by atoms with Gasteiger partial charge in [0.25, 0.3) is 0 Å². The Kier molecular flexibility index (Phi) is 4.81. The maximum atomic E-state index is 12.2. The topological polar surface area (TPSA) is 52.6 Å². The van der Waals surface area contributed by atoms with E-state index in [4.69, 9.17) is 9.47 Å². The average Bonchev–Trinajstić information content (AvgIpc) is 2.85. The lowest BCUT2D eigenvalue weighted by molar-refractivity contribution is -0.139. The van der Waals surface area contributed by atoms with E-state index in [1.54, 1.807) is 14.0 Å². The molecule has 1 unspecified atom stereocenters. The molecule has 4 nitrogen and oxygen atoms in total. The van der Waals surface area contributed by atoms with Gasteiger partial charge in [-0.2, -0.15) is 0 Å². The molecule has 0 heterocycles. The van der Waals surface area contributed by atoms with Gasteiger partial charge in [-0.25, -0.2) is 4.79 Å². The molecule has 1 aromatic carbocycles. The second kappa shape index (κ2) is 6.60. The maximum absolute atomic E-state index is 12.2. The van der Waals surface area contributed by atoms with Gasteiger partial charge in [0, 0.05) is 0 Å². The van der Waals surface area contributed by atoms with Crippen molar-refractivity contribution in [2.75, 3.05) is 13.7 Å². The molecule has 2 rings (SSSR count). The van der Waals surface area contributed by atoms with Crippen molar-refractivity contribution in [1.82, 2.24) is 0 Å². The van der Waals surface area contributed by atoms with Gasteiger partial charge in [-0.3, -0.25) is 4.79 Å². The Hall–Kier alpha value is -2.36. The quantitative estimate of drug-likeness (QED) is 0.784. The van der Waals surface area contributed by atoms with E-state index in [0.717, 1.165) is 22.5 Å². The molecule has 116 valence electrons. The molecule has 4 heteroatoms. The maximum Gasteiger partial charge on any atom is 0.335 e. The summed E-state index contributed by atoms with van der Waals surface area (Å²) in [5.41, 5.74) is 2.96. The highest BCUT2D eigenvalue weighted by atomic mass is 16.5. The first-order chi connectivity index (χ1) is 10.5. The first kappa shape index (κ1) is 16.0. The van der Waals surface area contributed by atoms with Crippen molar-refractivity contribution in [2.45, 2.75) is 20.8 Å². The lowest BCUT2D eigenvalue weighted by atomic mass is 9.87. The lowest BCUT2D eigenvalue weighted by Crippen LogP contribution is -2.21. The molecule has 0 spiro atoms. The predicted octanol–water partition coefficient (Wildman–Crippen LogP) is 3.18. The Morgan fingerprint density at radius 1 is 1.18 bits per heavy atom. The zero-order chi connectivity index (χ0) is 16.3. The Labute approximate surface area is 130 Å². The Bertz CT molecular complexity index is 650. The van der Waals surface area contributed by atoms with Crippen molar-refractivity contribution in [1.29, 1.82) is 0 Å². The summed E-state index contributed by atoms with van der Waals surface area (Å²) in [6, 6.07) is 7.46. The van der Waals surface area contributed by atoms with Crippen LogP contribution in [-0.4, -0.2) is 25.5 Å². The number of methoxy groups -OCH3 is 1. The smallest absolute Gasteiger partial charge is 0.335 e. The van der Waals surface area contributed by atoms with Crippen LogP contribution in [0.1, 0.15) is 26.3 Å². The van der Waals surface area contributed by atoms with Crippen molar-refractivity contribution >= 4 is 17.3 Å².